The minimum absolute atomic E-state index is 0.0969. The van der Waals surface area contributed by atoms with E-state index in [1.54, 1.807) is 22.4 Å². The van der Waals surface area contributed by atoms with Crippen molar-refractivity contribution in [1.29, 1.82) is 0 Å². The van der Waals surface area contributed by atoms with Crippen molar-refractivity contribution >= 4 is 32.9 Å². The van der Waals surface area contributed by atoms with E-state index in [0.29, 0.717) is 40.2 Å². The maximum absolute atomic E-state index is 14.3. The van der Waals surface area contributed by atoms with Crippen LogP contribution in [0, 0.1) is 36.0 Å². The van der Waals surface area contributed by atoms with E-state index >= 15 is 0 Å². The van der Waals surface area contributed by atoms with E-state index in [4.69, 9.17) is 0 Å². The minimum Gasteiger partial charge on any atom is -0.342 e. The summed E-state index contributed by atoms with van der Waals surface area (Å²) in [5.41, 5.74) is 1.75. The number of sulfonamides is 1. The SMILES string of the molecule is Cc1cn(Cc2ccc(F)c(F)c2)c2c(/C=C/C(=O)NS(=O)(=O)c3cc(F)cc(F)c3)cc(F)cc12. The van der Waals surface area contributed by atoms with Gasteiger partial charge in [0.05, 0.1) is 10.4 Å². The van der Waals surface area contributed by atoms with Crippen LogP contribution in [0.5, 0.6) is 0 Å². The van der Waals surface area contributed by atoms with E-state index < -0.39 is 49.9 Å². The number of carbonyl (C=O) groups is 1. The van der Waals surface area contributed by atoms with Crippen LogP contribution in [-0.4, -0.2) is 18.9 Å². The summed E-state index contributed by atoms with van der Waals surface area (Å²) in [6.07, 6.45) is 3.67. The normalized spacial score (nSPS) is 11.9. The van der Waals surface area contributed by atoms with Gasteiger partial charge in [0.2, 0.25) is 0 Å². The molecule has 0 saturated carbocycles. The molecule has 0 unspecified atom stereocenters. The summed E-state index contributed by atoms with van der Waals surface area (Å²) in [6.45, 7) is 1.81. The molecule has 4 aromatic rings. The standard InChI is InChI=1S/C25H17F5N2O3S/c1-14-12-32(13-15-2-4-22(29)23(30)6-15)25-16(7-17(26)11-21(14)25)3-5-24(33)31-36(34,35)20-9-18(27)8-19(28)10-20/h2-12H,13H2,1H3,(H,31,33)/b5-3+. The second kappa shape index (κ2) is 9.57. The molecule has 36 heavy (non-hydrogen) atoms. The molecule has 11 heteroatoms. The van der Waals surface area contributed by atoms with Gasteiger partial charge in [-0.1, -0.05) is 6.07 Å². The molecule has 0 aliphatic rings. The number of rotatable bonds is 6. The summed E-state index contributed by atoms with van der Waals surface area (Å²) < 4.78 is 96.0. The van der Waals surface area contributed by atoms with E-state index in [9.17, 15) is 35.2 Å². The van der Waals surface area contributed by atoms with Crippen molar-refractivity contribution in [3.63, 3.8) is 0 Å². The fourth-order valence-corrected chi connectivity index (χ4v) is 4.76. The number of carbonyl (C=O) groups excluding carboxylic acids is 1. The van der Waals surface area contributed by atoms with Crippen LogP contribution in [0.25, 0.3) is 17.0 Å². The Labute approximate surface area is 202 Å². The Bertz CT molecular complexity index is 1630. The number of nitrogens with one attached hydrogen (secondary N) is 1. The molecule has 0 aliphatic heterocycles. The van der Waals surface area contributed by atoms with E-state index in [0.717, 1.165) is 24.3 Å². The second-order valence-electron chi connectivity index (χ2n) is 7.99. The van der Waals surface area contributed by atoms with E-state index in [-0.39, 0.29) is 12.1 Å². The Kier molecular flexibility index (Phi) is 6.68. The maximum Gasteiger partial charge on any atom is 0.264 e. The smallest absolute Gasteiger partial charge is 0.264 e. The number of amides is 1. The lowest BCUT2D eigenvalue weighted by molar-refractivity contribution is -0.114. The summed E-state index contributed by atoms with van der Waals surface area (Å²) in [5, 5.41) is 0.487. The van der Waals surface area contributed by atoms with Crippen molar-refractivity contribution in [1.82, 2.24) is 9.29 Å². The number of hydrogen-bond acceptors (Lipinski definition) is 3. The highest BCUT2D eigenvalue weighted by atomic mass is 32.2. The number of benzene rings is 3. The lowest BCUT2D eigenvalue weighted by Crippen LogP contribution is -2.29. The third-order valence-corrected chi connectivity index (χ3v) is 6.62. The van der Waals surface area contributed by atoms with Gasteiger partial charge in [-0.25, -0.2) is 35.1 Å². The lowest BCUT2D eigenvalue weighted by Gasteiger charge is -2.09. The second-order valence-corrected chi connectivity index (χ2v) is 9.67. The fraction of sp³-hybridized carbons (Fsp3) is 0.0800. The lowest BCUT2D eigenvalue weighted by atomic mass is 10.1. The van der Waals surface area contributed by atoms with Gasteiger partial charge < -0.3 is 4.57 Å². The molecule has 0 aliphatic carbocycles. The van der Waals surface area contributed by atoms with Gasteiger partial charge in [-0.3, -0.25) is 4.79 Å². The van der Waals surface area contributed by atoms with Crippen LogP contribution >= 0.6 is 0 Å². The van der Waals surface area contributed by atoms with Gasteiger partial charge >= 0.3 is 0 Å². The molecule has 0 bridgehead atoms. The van der Waals surface area contributed by atoms with Crippen LogP contribution in [0.1, 0.15) is 16.7 Å². The van der Waals surface area contributed by atoms with Gasteiger partial charge in [0, 0.05) is 35.8 Å². The molecule has 5 nitrogen and oxygen atoms in total. The molecule has 0 radical (unpaired) electrons. The molecule has 1 N–H and O–H groups in total. The third-order valence-electron chi connectivity index (χ3n) is 5.30. The summed E-state index contributed by atoms with van der Waals surface area (Å²) >= 11 is 0. The molecular formula is C25H17F5N2O3S. The highest BCUT2D eigenvalue weighted by Gasteiger charge is 2.19. The van der Waals surface area contributed by atoms with E-state index in [1.165, 1.54) is 18.2 Å². The first kappa shape index (κ1) is 25.1. The van der Waals surface area contributed by atoms with Crippen molar-refractivity contribution in [3.8, 4) is 0 Å². The number of aromatic nitrogens is 1. The first-order chi connectivity index (χ1) is 16.9. The van der Waals surface area contributed by atoms with Crippen molar-refractivity contribution in [3.05, 3.63) is 107 Å². The van der Waals surface area contributed by atoms with Gasteiger partial charge in [0.1, 0.15) is 17.5 Å². The molecule has 0 fully saturated rings. The van der Waals surface area contributed by atoms with Crippen LogP contribution in [0.15, 0.2) is 65.7 Å². The van der Waals surface area contributed by atoms with Crippen LogP contribution < -0.4 is 4.72 Å². The predicted molar refractivity (Wildman–Crippen MR) is 123 cm³/mol. The zero-order chi connectivity index (χ0) is 26.2. The van der Waals surface area contributed by atoms with Gasteiger partial charge in [-0.2, -0.15) is 0 Å². The van der Waals surface area contributed by atoms with Crippen LogP contribution in [0.2, 0.25) is 0 Å². The molecule has 0 saturated heterocycles. The highest BCUT2D eigenvalue weighted by Crippen LogP contribution is 2.28. The average molecular weight is 520 g/mol. The van der Waals surface area contributed by atoms with Crippen LogP contribution in [-0.2, 0) is 21.4 Å². The number of halogens is 5. The number of fused-ring (bicyclic) bond motifs is 1. The summed E-state index contributed by atoms with van der Waals surface area (Å²) in [4.78, 5) is 11.5. The highest BCUT2D eigenvalue weighted by molar-refractivity contribution is 7.90. The quantitative estimate of drug-likeness (QED) is 0.280. The zero-order valence-electron chi connectivity index (χ0n) is 18.5. The average Bonchev–Trinajstić information content (AvgIpc) is 3.08. The summed E-state index contributed by atoms with van der Waals surface area (Å²) in [5.74, 6) is -6.08. The number of nitrogens with zero attached hydrogens (tertiary/aromatic N) is 1. The van der Waals surface area contributed by atoms with Gasteiger partial charge in [0.15, 0.2) is 11.6 Å². The first-order valence-corrected chi connectivity index (χ1v) is 11.8. The van der Waals surface area contributed by atoms with E-state index in [2.05, 4.69) is 0 Å². The largest absolute Gasteiger partial charge is 0.342 e. The predicted octanol–water partition coefficient (Wildman–Crippen LogP) is 5.21. The Morgan fingerprint density at radius 2 is 1.58 bits per heavy atom. The van der Waals surface area contributed by atoms with E-state index in [1.807, 2.05) is 0 Å². The summed E-state index contributed by atoms with van der Waals surface area (Å²) in [6, 6.07) is 7.37. The fourth-order valence-electron chi connectivity index (χ4n) is 3.77. The van der Waals surface area contributed by atoms with Crippen LogP contribution in [0.3, 0.4) is 0 Å². The molecule has 1 aromatic heterocycles. The van der Waals surface area contributed by atoms with Gasteiger partial charge in [-0.15, -0.1) is 0 Å². The van der Waals surface area contributed by atoms with Crippen molar-refractivity contribution in [2.24, 2.45) is 0 Å². The molecule has 1 heterocycles. The Balaban J connectivity index is 1.66. The molecule has 186 valence electrons. The first-order valence-electron chi connectivity index (χ1n) is 10.4. The molecule has 0 atom stereocenters. The van der Waals surface area contributed by atoms with Gasteiger partial charge in [-0.05, 0) is 60.5 Å². The Morgan fingerprint density at radius 1 is 0.917 bits per heavy atom. The monoisotopic (exact) mass is 520 g/mol. The molecule has 3 aromatic carbocycles. The topological polar surface area (TPSA) is 68.2 Å². The van der Waals surface area contributed by atoms with Crippen molar-refractivity contribution < 1.29 is 35.2 Å². The minimum atomic E-state index is -4.59. The molecule has 0 spiro atoms. The molecule has 1 amide bonds. The maximum atomic E-state index is 14.3. The van der Waals surface area contributed by atoms with Crippen molar-refractivity contribution in [2.45, 2.75) is 18.4 Å². The number of hydrogen-bond donors (Lipinski definition) is 1. The molecular weight excluding hydrogens is 503 g/mol. The Hall–Kier alpha value is -3.99. The van der Waals surface area contributed by atoms with Crippen molar-refractivity contribution in [2.75, 3.05) is 0 Å². The number of aryl methyl sites for hydroxylation is 1. The zero-order valence-corrected chi connectivity index (χ0v) is 19.3. The van der Waals surface area contributed by atoms with Crippen LogP contribution in [0.4, 0.5) is 22.0 Å². The molecule has 4 rings (SSSR count). The Morgan fingerprint density at radius 3 is 2.25 bits per heavy atom. The summed E-state index contributed by atoms with van der Waals surface area (Å²) in [7, 11) is -4.59. The third kappa shape index (κ3) is 5.30. The van der Waals surface area contributed by atoms with Gasteiger partial charge in [0.25, 0.3) is 15.9 Å².